The van der Waals surface area contributed by atoms with Gasteiger partial charge in [0.1, 0.15) is 5.82 Å². The lowest BCUT2D eigenvalue weighted by Crippen LogP contribution is -2.04. The number of hydrogen-bond donors (Lipinski definition) is 2. The zero-order valence-corrected chi connectivity index (χ0v) is 5.44. The lowest BCUT2D eigenvalue weighted by molar-refractivity contribution is 1.25. The standard InChI is InChI=1S/C5H6N2O.ClH/c6-4-2-1-3-5(8)7-4;/h1-3H,(H3,6,7,8);1H. The van der Waals surface area contributed by atoms with Gasteiger partial charge in [-0.3, -0.25) is 4.79 Å². The van der Waals surface area contributed by atoms with Crippen molar-refractivity contribution in [3.63, 3.8) is 0 Å². The van der Waals surface area contributed by atoms with Crippen molar-refractivity contribution in [2.24, 2.45) is 0 Å². The highest BCUT2D eigenvalue weighted by Gasteiger charge is 1.79. The lowest BCUT2D eigenvalue weighted by Gasteiger charge is -1.85. The van der Waals surface area contributed by atoms with Crippen LogP contribution < -0.4 is 11.3 Å². The highest BCUT2D eigenvalue weighted by Crippen LogP contribution is 1.85. The van der Waals surface area contributed by atoms with Crippen molar-refractivity contribution in [1.82, 2.24) is 4.98 Å². The van der Waals surface area contributed by atoms with Crippen LogP contribution in [0.15, 0.2) is 23.0 Å². The number of pyridine rings is 1. The second-order valence-electron chi connectivity index (χ2n) is 1.47. The Morgan fingerprint density at radius 3 is 2.44 bits per heavy atom. The number of hydrogen-bond acceptors (Lipinski definition) is 2. The van der Waals surface area contributed by atoms with E-state index in [1.54, 1.807) is 12.1 Å². The number of nitrogen functional groups attached to an aromatic ring is 1. The molecule has 0 aromatic carbocycles. The molecule has 0 unspecified atom stereocenters. The lowest BCUT2D eigenvalue weighted by atomic mass is 10.5. The van der Waals surface area contributed by atoms with Crippen molar-refractivity contribution in [3.8, 4) is 0 Å². The van der Waals surface area contributed by atoms with Crippen molar-refractivity contribution >= 4 is 18.2 Å². The van der Waals surface area contributed by atoms with Gasteiger partial charge in [0.2, 0.25) is 5.56 Å². The summed E-state index contributed by atoms with van der Waals surface area (Å²) in [7, 11) is 0. The molecule has 0 bridgehead atoms. The minimum Gasteiger partial charge on any atom is -0.385 e. The van der Waals surface area contributed by atoms with Crippen LogP contribution in [0.2, 0.25) is 0 Å². The van der Waals surface area contributed by atoms with Crippen molar-refractivity contribution in [2.45, 2.75) is 0 Å². The molecule has 0 saturated carbocycles. The Kier molecular flexibility index (Phi) is 2.81. The smallest absolute Gasteiger partial charge is 0.249 e. The zero-order chi connectivity index (χ0) is 5.98. The van der Waals surface area contributed by atoms with E-state index in [2.05, 4.69) is 4.98 Å². The van der Waals surface area contributed by atoms with E-state index in [0.717, 1.165) is 0 Å². The summed E-state index contributed by atoms with van der Waals surface area (Å²) in [6.07, 6.45) is 0. The van der Waals surface area contributed by atoms with E-state index < -0.39 is 0 Å². The zero-order valence-electron chi connectivity index (χ0n) is 4.63. The molecule has 0 fully saturated rings. The van der Waals surface area contributed by atoms with Crippen LogP contribution in [0, 0.1) is 0 Å². The molecule has 4 heteroatoms. The molecule has 50 valence electrons. The number of nitrogens with two attached hydrogens (primary N) is 1. The maximum Gasteiger partial charge on any atom is 0.249 e. The summed E-state index contributed by atoms with van der Waals surface area (Å²) in [6, 6.07) is 4.64. The molecule has 1 aromatic rings. The molecule has 0 amide bonds. The van der Waals surface area contributed by atoms with Crippen molar-refractivity contribution in [1.29, 1.82) is 0 Å². The molecular formula is C5H7ClN2O. The summed E-state index contributed by atoms with van der Waals surface area (Å²) in [5, 5.41) is 0. The molecule has 0 aliphatic heterocycles. The van der Waals surface area contributed by atoms with Gasteiger partial charge in [-0.1, -0.05) is 6.07 Å². The first-order chi connectivity index (χ1) is 3.79. The fourth-order valence-corrected chi connectivity index (χ4v) is 0.465. The van der Waals surface area contributed by atoms with Gasteiger partial charge in [0.25, 0.3) is 0 Å². The van der Waals surface area contributed by atoms with Crippen LogP contribution in [0.3, 0.4) is 0 Å². The summed E-state index contributed by atoms with van der Waals surface area (Å²) in [5.74, 6) is 0.400. The number of aromatic nitrogens is 1. The molecule has 3 nitrogen and oxygen atoms in total. The van der Waals surface area contributed by atoms with Crippen molar-refractivity contribution in [2.75, 3.05) is 5.73 Å². The van der Waals surface area contributed by atoms with Gasteiger partial charge in [-0.25, -0.2) is 0 Å². The molecule has 0 aliphatic rings. The Hall–Kier alpha value is -0.960. The largest absolute Gasteiger partial charge is 0.385 e. The maximum atomic E-state index is 10.4. The molecule has 0 spiro atoms. The van der Waals surface area contributed by atoms with E-state index in [4.69, 9.17) is 5.73 Å². The minimum absolute atomic E-state index is 0. The fraction of sp³-hybridized carbons (Fsp3) is 0. The molecule has 1 rings (SSSR count). The molecular weight excluding hydrogens is 140 g/mol. The fourth-order valence-electron chi connectivity index (χ4n) is 0.465. The van der Waals surface area contributed by atoms with Crippen LogP contribution in [-0.2, 0) is 0 Å². The Balaban J connectivity index is 0.000000640. The van der Waals surface area contributed by atoms with Gasteiger partial charge >= 0.3 is 0 Å². The average molecular weight is 147 g/mol. The maximum absolute atomic E-state index is 10.4. The number of halogens is 1. The van der Waals surface area contributed by atoms with Crippen molar-refractivity contribution < 1.29 is 0 Å². The predicted octanol–water partition coefficient (Wildman–Crippen LogP) is 0.379. The Labute approximate surface area is 58.3 Å². The molecule has 0 aliphatic carbocycles. The Morgan fingerprint density at radius 1 is 1.44 bits per heavy atom. The van der Waals surface area contributed by atoms with E-state index in [1.165, 1.54) is 6.07 Å². The molecule has 3 N–H and O–H groups in total. The number of rotatable bonds is 0. The normalized spacial score (nSPS) is 8.00. The van der Waals surface area contributed by atoms with Gasteiger partial charge < -0.3 is 10.7 Å². The van der Waals surface area contributed by atoms with Gasteiger partial charge in [-0.05, 0) is 6.07 Å². The van der Waals surface area contributed by atoms with Crippen LogP contribution in [0.1, 0.15) is 0 Å². The van der Waals surface area contributed by atoms with E-state index in [-0.39, 0.29) is 18.0 Å². The molecule has 1 aromatic heterocycles. The summed E-state index contributed by atoms with van der Waals surface area (Å²) in [4.78, 5) is 12.7. The molecule has 9 heavy (non-hydrogen) atoms. The molecule has 0 saturated heterocycles. The third-order valence-electron chi connectivity index (χ3n) is 0.791. The average Bonchev–Trinajstić information content (AvgIpc) is 1.64. The Bertz CT molecular complexity index is 232. The molecule has 0 radical (unpaired) electrons. The topological polar surface area (TPSA) is 58.9 Å². The summed E-state index contributed by atoms with van der Waals surface area (Å²) in [5.41, 5.74) is 5.04. The number of aromatic amines is 1. The van der Waals surface area contributed by atoms with Gasteiger partial charge in [-0.2, -0.15) is 0 Å². The third-order valence-corrected chi connectivity index (χ3v) is 0.791. The van der Waals surface area contributed by atoms with E-state index >= 15 is 0 Å². The van der Waals surface area contributed by atoms with E-state index in [1.807, 2.05) is 0 Å². The van der Waals surface area contributed by atoms with E-state index in [9.17, 15) is 4.79 Å². The summed E-state index contributed by atoms with van der Waals surface area (Å²) < 4.78 is 0. The SMILES string of the molecule is Cl.Nc1cccc(=O)[nH]1. The number of anilines is 1. The second kappa shape index (κ2) is 3.14. The molecule has 0 atom stereocenters. The summed E-state index contributed by atoms with van der Waals surface area (Å²) >= 11 is 0. The van der Waals surface area contributed by atoms with Gasteiger partial charge in [0, 0.05) is 6.07 Å². The van der Waals surface area contributed by atoms with Crippen molar-refractivity contribution in [3.05, 3.63) is 28.6 Å². The van der Waals surface area contributed by atoms with Gasteiger partial charge in [0.05, 0.1) is 0 Å². The van der Waals surface area contributed by atoms with Crippen LogP contribution in [0.4, 0.5) is 5.82 Å². The van der Waals surface area contributed by atoms with E-state index in [0.29, 0.717) is 5.82 Å². The second-order valence-corrected chi connectivity index (χ2v) is 1.47. The van der Waals surface area contributed by atoms with Gasteiger partial charge in [0.15, 0.2) is 0 Å². The number of nitrogens with one attached hydrogen (secondary N) is 1. The molecule has 1 heterocycles. The van der Waals surface area contributed by atoms with Crippen LogP contribution in [0.5, 0.6) is 0 Å². The Morgan fingerprint density at radius 2 is 2.11 bits per heavy atom. The first-order valence-electron chi connectivity index (χ1n) is 2.24. The predicted molar refractivity (Wildman–Crippen MR) is 38.7 cm³/mol. The quantitative estimate of drug-likeness (QED) is 0.556. The first kappa shape index (κ1) is 8.04. The highest BCUT2D eigenvalue weighted by molar-refractivity contribution is 5.85. The first-order valence-corrected chi connectivity index (χ1v) is 2.24. The minimum atomic E-state index is -0.162. The van der Waals surface area contributed by atoms with Crippen LogP contribution >= 0.6 is 12.4 Å². The summed E-state index contributed by atoms with van der Waals surface area (Å²) in [6.45, 7) is 0. The monoisotopic (exact) mass is 146 g/mol. The highest BCUT2D eigenvalue weighted by atomic mass is 35.5. The number of H-pyrrole nitrogens is 1. The third kappa shape index (κ3) is 2.19. The van der Waals surface area contributed by atoms with Crippen LogP contribution in [-0.4, -0.2) is 4.98 Å². The van der Waals surface area contributed by atoms with Gasteiger partial charge in [-0.15, -0.1) is 12.4 Å². The van der Waals surface area contributed by atoms with Crippen LogP contribution in [0.25, 0.3) is 0 Å².